The third-order valence-corrected chi connectivity index (χ3v) is 4.08. The van der Waals surface area contributed by atoms with Crippen molar-refractivity contribution in [2.24, 2.45) is 0 Å². The van der Waals surface area contributed by atoms with Crippen LogP contribution in [-0.4, -0.2) is 19.1 Å². The van der Waals surface area contributed by atoms with Crippen molar-refractivity contribution in [1.29, 1.82) is 0 Å². The zero-order valence-corrected chi connectivity index (χ0v) is 12.9. The summed E-state index contributed by atoms with van der Waals surface area (Å²) in [5.74, 6) is 0.971. The number of para-hydroxylation sites is 1. The van der Waals surface area contributed by atoms with Crippen LogP contribution in [0, 0.1) is 0 Å². The molecule has 116 valence electrons. The van der Waals surface area contributed by atoms with Gasteiger partial charge in [0.05, 0.1) is 0 Å². The first-order valence-corrected chi connectivity index (χ1v) is 8.10. The molecule has 0 spiro atoms. The minimum Gasteiger partial charge on any atom is -0.489 e. The molecule has 1 unspecified atom stereocenters. The Bertz CT molecular complexity index is 565. The van der Waals surface area contributed by atoms with Gasteiger partial charge in [0.1, 0.15) is 12.4 Å². The Morgan fingerprint density at radius 2 is 1.86 bits per heavy atom. The molecule has 22 heavy (non-hydrogen) atoms. The van der Waals surface area contributed by atoms with Crippen molar-refractivity contribution in [2.45, 2.75) is 32.0 Å². The second-order valence-corrected chi connectivity index (χ2v) is 5.81. The quantitative estimate of drug-likeness (QED) is 0.823. The fourth-order valence-electron chi connectivity index (χ4n) is 2.84. The van der Waals surface area contributed by atoms with Gasteiger partial charge in [-0.2, -0.15) is 0 Å². The van der Waals surface area contributed by atoms with Gasteiger partial charge in [-0.25, -0.2) is 0 Å². The largest absolute Gasteiger partial charge is 0.489 e. The van der Waals surface area contributed by atoms with E-state index in [-0.39, 0.29) is 0 Å². The van der Waals surface area contributed by atoms with Crippen molar-refractivity contribution in [1.82, 2.24) is 10.6 Å². The van der Waals surface area contributed by atoms with E-state index in [9.17, 15) is 0 Å². The minimum atomic E-state index is 0.613. The van der Waals surface area contributed by atoms with E-state index >= 15 is 0 Å². The molecule has 2 aromatic rings. The molecule has 3 rings (SSSR count). The summed E-state index contributed by atoms with van der Waals surface area (Å²) in [7, 11) is 0. The van der Waals surface area contributed by atoms with Crippen molar-refractivity contribution in [3.63, 3.8) is 0 Å². The molecule has 1 fully saturated rings. The Morgan fingerprint density at radius 1 is 1.05 bits per heavy atom. The Hall–Kier alpha value is -1.84. The molecule has 2 aromatic carbocycles. The summed E-state index contributed by atoms with van der Waals surface area (Å²) < 4.78 is 5.99. The van der Waals surface area contributed by atoms with E-state index in [2.05, 4.69) is 34.9 Å². The van der Waals surface area contributed by atoms with E-state index < -0.39 is 0 Å². The SMILES string of the molecule is c1ccc(COc2ccccc2CNCC2CCCN2)cc1. The highest BCUT2D eigenvalue weighted by atomic mass is 16.5. The summed E-state index contributed by atoms with van der Waals surface area (Å²) >= 11 is 0. The Balaban J connectivity index is 1.52. The maximum atomic E-state index is 5.99. The first kappa shape index (κ1) is 15.1. The van der Waals surface area contributed by atoms with Crippen LogP contribution in [0.25, 0.3) is 0 Å². The van der Waals surface area contributed by atoms with Gasteiger partial charge in [-0.1, -0.05) is 48.5 Å². The van der Waals surface area contributed by atoms with E-state index in [0.717, 1.165) is 25.4 Å². The van der Waals surface area contributed by atoms with Crippen LogP contribution in [0.3, 0.4) is 0 Å². The van der Waals surface area contributed by atoms with Crippen molar-refractivity contribution < 1.29 is 4.74 Å². The van der Waals surface area contributed by atoms with E-state index in [1.54, 1.807) is 0 Å². The smallest absolute Gasteiger partial charge is 0.124 e. The van der Waals surface area contributed by atoms with E-state index in [1.165, 1.54) is 24.0 Å². The molecule has 0 radical (unpaired) electrons. The van der Waals surface area contributed by atoms with Gasteiger partial charge in [-0.05, 0) is 31.0 Å². The number of hydrogen-bond donors (Lipinski definition) is 2. The zero-order chi connectivity index (χ0) is 15.0. The molecule has 0 aromatic heterocycles. The van der Waals surface area contributed by atoms with Crippen molar-refractivity contribution in [3.8, 4) is 5.75 Å². The number of rotatable bonds is 7. The molecule has 1 aliphatic heterocycles. The Kier molecular flexibility index (Phi) is 5.46. The summed E-state index contributed by atoms with van der Waals surface area (Å²) in [6.45, 7) is 3.64. The molecule has 2 N–H and O–H groups in total. The second kappa shape index (κ2) is 7.97. The van der Waals surface area contributed by atoms with Gasteiger partial charge in [0, 0.05) is 24.7 Å². The van der Waals surface area contributed by atoms with Gasteiger partial charge in [0.25, 0.3) is 0 Å². The molecule has 3 nitrogen and oxygen atoms in total. The van der Waals surface area contributed by atoms with E-state index in [0.29, 0.717) is 12.6 Å². The van der Waals surface area contributed by atoms with Gasteiger partial charge < -0.3 is 15.4 Å². The molecular formula is C19H24N2O. The van der Waals surface area contributed by atoms with Crippen LogP contribution in [0.15, 0.2) is 54.6 Å². The third-order valence-electron chi connectivity index (χ3n) is 4.08. The molecule has 1 atom stereocenters. The summed E-state index contributed by atoms with van der Waals surface area (Å²) in [4.78, 5) is 0. The fourth-order valence-corrected chi connectivity index (χ4v) is 2.84. The number of benzene rings is 2. The highest BCUT2D eigenvalue weighted by Gasteiger charge is 2.13. The highest BCUT2D eigenvalue weighted by molar-refractivity contribution is 5.33. The van der Waals surface area contributed by atoms with Crippen molar-refractivity contribution >= 4 is 0 Å². The lowest BCUT2D eigenvalue weighted by Crippen LogP contribution is -2.33. The molecule has 0 saturated carbocycles. The van der Waals surface area contributed by atoms with Crippen LogP contribution in [0.1, 0.15) is 24.0 Å². The molecule has 1 aliphatic rings. The van der Waals surface area contributed by atoms with E-state index in [4.69, 9.17) is 4.74 Å². The predicted molar refractivity (Wildman–Crippen MR) is 89.9 cm³/mol. The number of nitrogens with one attached hydrogen (secondary N) is 2. The topological polar surface area (TPSA) is 33.3 Å². The zero-order valence-electron chi connectivity index (χ0n) is 12.9. The van der Waals surface area contributed by atoms with Gasteiger partial charge >= 0.3 is 0 Å². The summed E-state index contributed by atoms with van der Waals surface area (Å²) in [5.41, 5.74) is 2.41. The Labute approximate surface area is 132 Å². The van der Waals surface area contributed by atoms with Crippen LogP contribution in [0.2, 0.25) is 0 Å². The third kappa shape index (κ3) is 4.33. The van der Waals surface area contributed by atoms with Gasteiger partial charge in [-0.15, -0.1) is 0 Å². The fraction of sp³-hybridized carbons (Fsp3) is 0.368. The lowest BCUT2D eigenvalue weighted by molar-refractivity contribution is 0.302. The van der Waals surface area contributed by atoms with Gasteiger partial charge in [0.2, 0.25) is 0 Å². The monoisotopic (exact) mass is 296 g/mol. The van der Waals surface area contributed by atoms with Crippen molar-refractivity contribution in [2.75, 3.05) is 13.1 Å². The standard InChI is InChI=1S/C19H24N2O/c1-2-7-16(8-3-1)15-22-19-11-5-4-9-17(19)13-20-14-18-10-6-12-21-18/h1-5,7-9,11,18,20-21H,6,10,12-15H2. The van der Waals surface area contributed by atoms with Gasteiger partial charge in [-0.3, -0.25) is 0 Å². The molecule has 0 bridgehead atoms. The average Bonchev–Trinajstić information content (AvgIpc) is 3.08. The van der Waals surface area contributed by atoms with Crippen LogP contribution < -0.4 is 15.4 Å². The summed E-state index contributed by atoms with van der Waals surface area (Å²) in [5, 5.41) is 7.05. The maximum absolute atomic E-state index is 5.99. The lowest BCUT2D eigenvalue weighted by Gasteiger charge is -2.14. The van der Waals surface area contributed by atoms with Crippen LogP contribution in [0.4, 0.5) is 0 Å². The second-order valence-electron chi connectivity index (χ2n) is 5.81. The molecule has 3 heteroatoms. The highest BCUT2D eigenvalue weighted by Crippen LogP contribution is 2.19. The summed E-state index contributed by atoms with van der Waals surface area (Å²) in [6.07, 6.45) is 2.57. The predicted octanol–water partition coefficient (Wildman–Crippen LogP) is 3.11. The van der Waals surface area contributed by atoms with E-state index in [1.807, 2.05) is 30.3 Å². The summed E-state index contributed by atoms with van der Waals surface area (Å²) in [6, 6.07) is 19.2. The number of ether oxygens (including phenoxy) is 1. The maximum Gasteiger partial charge on any atom is 0.124 e. The minimum absolute atomic E-state index is 0.613. The number of hydrogen-bond acceptors (Lipinski definition) is 3. The average molecular weight is 296 g/mol. The van der Waals surface area contributed by atoms with Gasteiger partial charge in [0.15, 0.2) is 0 Å². The first-order chi connectivity index (χ1) is 10.9. The van der Waals surface area contributed by atoms with Crippen LogP contribution in [-0.2, 0) is 13.2 Å². The first-order valence-electron chi connectivity index (χ1n) is 8.10. The van der Waals surface area contributed by atoms with Crippen LogP contribution in [0.5, 0.6) is 5.75 Å². The molecule has 0 aliphatic carbocycles. The van der Waals surface area contributed by atoms with Crippen molar-refractivity contribution in [3.05, 3.63) is 65.7 Å². The van der Waals surface area contributed by atoms with Crippen LogP contribution >= 0.6 is 0 Å². The molecule has 1 saturated heterocycles. The molecular weight excluding hydrogens is 272 g/mol. The molecule has 0 amide bonds. The normalized spacial score (nSPS) is 17.5. The lowest BCUT2D eigenvalue weighted by atomic mass is 10.2. The molecule has 1 heterocycles. The Morgan fingerprint density at radius 3 is 2.68 bits per heavy atom.